The zero-order valence-electron chi connectivity index (χ0n) is 11.4. The minimum atomic E-state index is -0.381. The molecular weight excluding hydrogens is 246 g/mol. The van der Waals surface area contributed by atoms with Gasteiger partial charge in [0.05, 0.1) is 19.1 Å². The van der Waals surface area contributed by atoms with E-state index in [1.54, 1.807) is 0 Å². The first-order chi connectivity index (χ1) is 9.22. The quantitative estimate of drug-likeness (QED) is 0.622. The zero-order valence-corrected chi connectivity index (χ0v) is 11.4. The van der Waals surface area contributed by atoms with E-state index in [0.717, 1.165) is 25.8 Å². The van der Waals surface area contributed by atoms with Gasteiger partial charge < -0.3 is 20.7 Å². The molecule has 2 heterocycles. The second kappa shape index (κ2) is 6.86. The van der Waals surface area contributed by atoms with Crippen LogP contribution in [0.4, 0.5) is 0 Å². The number of piperidine rings is 1. The predicted octanol–water partition coefficient (Wildman–Crippen LogP) is -0.604. The van der Waals surface area contributed by atoms with Crippen LogP contribution in [0, 0.1) is 5.92 Å². The van der Waals surface area contributed by atoms with Crippen molar-refractivity contribution in [3.63, 3.8) is 0 Å². The van der Waals surface area contributed by atoms with Crippen LogP contribution in [-0.4, -0.2) is 50.2 Å². The number of hydrogen-bond acceptors (Lipinski definition) is 4. The van der Waals surface area contributed by atoms with Crippen molar-refractivity contribution in [3.05, 3.63) is 0 Å². The Morgan fingerprint density at radius 2 is 2.32 bits per heavy atom. The Morgan fingerprint density at radius 3 is 3.05 bits per heavy atom. The normalized spacial score (nSPS) is 31.0. The molecule has 2 rings (SSSR count). The first-order valence-corrected chi connectivity index (χ1v) is 7.11. The molecule has 0 aromatic carbocycles. The highest BCUT2D eigenvalue weighted by Gasteiger charge is 2.35. The Kier molecular flexibility index (Phi) is 5.15. The van der Waals surface area contributed by atoms with Crippen molar-refractivity contribution in [1.29, 1.82) is 0 Å². The molecule has 0 saturated carbocycles. The van der Waals surface area contributed by atoms with E-state index >= 15 is 0 Å². The third-order valence-electron chi connectivity index (χ3n) is 3.68. The molecule has 0 aromatic heterocycles. The topological polar surface area (TPSA) is 79.5 Å². The molecule has 0 aromatic rings. The van der Waals surface area contributed by atoms with Gasteiger partial charge in [0, 0.05) is 12.6 Å². The highest BCUT2D eigenvalue weighted by Crippen LogP contribution is 2.15. The number of ether oxygens (including phenoxy) is 1. The third kappa shape index (κ3) is 3.67. The maximum atomic E-state index is 12.2. The summed E-state index contributed by atoms with van der Waals surface area (Å²) >= 11 is 0. The molecule has 3 unspecified atom stereocenters. The molecule has 2 aliphatic heterocycles. The first-order valence-electron chi connectivity index (χ1n) is 7.11. The molecule has 2 amide bonds. The molecule has 6 heteroatoms. The van der Waals surface area contributed by atoms with Crippen LogP contribution in [0.3, 0.4) is 0 Å². The summed E-state index contributed by atoms with van der Waals surface area (Å²) in [5.41, 5.74) is 0. The van der Waals surface area contributed by atoms with Crippen LogP contribution in [0.2, 0.25) is 0 Å². The summed E-state index contributed by atoms with van der Waals surface area (Å²) < 4.78 is 5.38. The van der Waals surface area contributed by atoms with Gasteiger partial charge >= 0.3 is 0 Å². The molecule has 0 bridgehead atoms. The van der Waals surface area contributed by atoms with Gasteiger partial charge in [-0.15, -0.1) is 0 Å². The van der Waals surface area contributed by atoms with Gasteiger partial charge in [0.15, 0.2) is 0 Å². The Labute approximate surface area is 113 Å². The SMILES string of the molecule is CCCNC1COCC1C(=O)NC1CCCNC1=O. The molecule has 3 N–H and O–H groups in total. The van der Waals surface area contributed by atoms with E-state index in [-0.39, 0.29) is 29.8 Å². The summed E-state index contributed by atoms with van der Waals surface area (Å²) in [7, 11) is 0. The van der Waals surface area contributed by atoms with Crippen LogP contribution in [0.1, 0.15) is 26.2 Å². The van der Waals surface area contributed by atoms with E-state index in [9.17, 15) is 9.59 Å². The van der Waals surface area contributed by atoms with Crippen molar-refractivity contribution < 1.29 is 14.3 Å². The van der Waals surface area contributed by atoms with E-state index < -0.39 is 0 Å². The van der Waals surface area contributed by atoms with Gasteiger partial charge in [0.1, 0.15) is 6.04 Å². The standard InChI is InChI=1S/C13H23N3O3/c1-2-5-14-11-8-19-7-9(11)12(17)16-10-4-3-6-15-13(10)18/h9-11,14H,2-8H2,1H3,(H,15,18)(H,16,17). The van der Waals surface area contributed by atoms with Gasteiger partial charge in [-0.25, -0.2) is 0 Å². The average Bonchev–Trinajstić information content (AvgIpc) is 2.87. The molecule has 19 heavy (non-hydrogen) atoms. The van der Waals surface area contributed by atoms with Gasteiger partial charge in [-0.1, -0.05) is 6.92 Å². The molecule has 0 radical (unpaired) electrons. The van der Waals surface area contributed by atoms with Gasteiger partial charge in [0.25, 0.3) is 0 Å². The lowest BCUT2D eigenvalue weighted by Gasteiger charge is -2.25. The lowest BCUT2D eigenvalue weighted by Crippen LogP contribution is -2.53. The number of amides is 2. The highest BCUT2D eigenvalue weighted by atomic mass is 16.5. The minimum Gasteiger partial charge on any atom is -0.379 e. The van der Waals surface area contributed by atoms with E-state index in [1.165, 1.54) is 0 Å². The van der Waals surface area contributed by atoms with Crippen LogP contribution in [0.25, 0.3) is 0 Å². The van der Waals surface area contributed by atoms with Crippen molar-refractivity contribution in [2.45, 2.75) is 38.3 Å². The average molecular weight is 269 g/mol. The number of carbonyl (C=O) groups is 2. The maximum Gasteiger partial charge on any atom is 0.242 e. The molecule has 3 atom stereocenters. The Balaban J connectivity index is 1.85. The minimum absolute atomic E-state index is 0.0617. The monoisotopic (exact) mass is 269 g/mol. The molecule has 108 valence electrons. The summed E-state index contributed by atoms with van der Waals surface area (Å²) in [4.78, 5) is 23.8. The van der Waals surface area contributed by atoms with Crippen molar-refractivity contribution in [2.75, 3.05) is 26.3 Å². The van der Waals surface area contributed by atoms with E-state index in [0.29, 0.717) is 19.8 Å². The second-order valence-electron chi connectivity index (χ2n) is 5.20. The summed E-state index contributed by atoms with van der Waals surface area (Å²) in [6.07, 6.45) is 2.66. The van der Waals surface area contributed by atoms with E-state index in [1.807, 2.05) is 0 Å². The zero-order chi connectivity index (χ0) is 13.7. The van der Waals surface area contributed by atoms with Gasteiger partial charge in [-0.2, -0.15) is 0 Å². The number of nitrogens with one attached hydrogen (secondary N) is 3. The van der Waals surface area contributed by atoms with Crippen LogP contribution < -0.4 is 16.0 Å². The molecule has 0 aliphatic carbocycles. The second-order valence-corrected chi connectivity index (χ2v) is 5.20. The number of rotatable bonds is 5. The molecule has 2 fully saturated rings. The van der Waals surface area contributed by atoms with E-state index in [2.05, 4.69) is 22.9 Å². The fraction of sp³-hybridized carbons (Fsp3) is 0.846. The van der Waals surface area contributed by atoms with Gasteiger partial charge in [-0.3, -0.25) is 9.59 Å². The molecule has 0 spiro atoms. The largest absolute Gasteiger partial charge is 0.379 e. The lowest BCUT2D eigenvalue weighted by atomic mass is 10.0. The van der Waals surface area contributed by atoms with Crippen molar-refractivity contribution >= 4 is 11.8 Å². The van der Waals surface area contributed by atoms with Crippen LogP contribution in [-0.2, 0) is 14.3 Å². The number of carbonyl (C=O) groups excluding carboxylic acids is 2. The lowest BCUT2D eigenvalue weighted by molar-refractivity contribution is -0.132. The Hall–Kier alpha value is -1.14. The smallest absolute Gasteiger partial charge is 0.242 e. The summed E-state index contributed by atoms with van der Waals surface area (Å²) in [5.74, 6) is -0.342. The van der Waals surface area contributed by atoms with Crippen molar-refractivity contribution in [3.8, 4) is 0 Å². The van der Waals surface area contributed by atoms with Crippen molar-refractivity contribution in [1.82, 2.24) is 16.0 Å². The fourth-order valence-corrected chi connectivity index (χ4v) is 2.53. The van der Waals surface area contributed by atoms with E-state index in [4.69, 9.17) is 4.74 Å². The van der Waals surface area contributed by atoms with Gasteiger partial charge in [-0.05, 0) is 25.8 Å². The Morgan fingerprint density at radius 1 is 1.47 bits per heavy atom. The highest BCUT2D eigenvalue weighted by molar-refractivity contribution is 5.89. The molecule has 6 nitrogen and oxygen atoms in total. The Bertz CT molecular complexity index is 335. The molecular formula is C13H23N3O3. The predicted molar refractivity (Wildman–Crippen MR) is 70.6 cm³/mol. The summed E-state index contributed by atoms with van der Waals surface area (Å²) in [6, 6.07) is -0.319. The van der Waals surface area contributed by atoms with Crippen LogP contribution in [0.5, 0.6) is 0 Å². The third-order valence-corrected chi connectivity index (χ3v) is 3.68. The fourth-order valence-electron chi connectivity index (χ4n) is 2.53. The van der Waals surface area contributed by atoms with Crippen LogP contribution >= 0.6 is 0 Å². The first kappa shape index (κ1) is 14.3. The molecule has 2 aliphatic rings. The van der Waals surface area contributed by atoms with Crippen LogP contribution in [0.15, 0.2) is 0 Å². The van der Waals surface area contributed by atoms with Gasteiger partial charge in [0.2, 0.25) is 11.8 Å². The number of hydrogen-bond donors (Lipinski definition) is 3. The summed E-state index contributed by atoms with van der Waals surface area (Å²) in [6.45, 7) is 4.67. The maximum absolute atomic E-state index is 12.2. The summed E-state index contributed by atoms with van der Waals surface area (Å²) in [5, 5.41) is 8.94. The van der Waals surface area contributed by atoms with Crippen molar-refractivity contribution in [2.24, 2.45) is 5.92 Å². The molecule has 2 saturated heterocycles.